The molecule has 1 N–H and O–H groups in total. The Morgan fingerprint density at radius 1 is 1.13 bits per heavy atom. The van der Waals surface area contributed by atoms with Gasteiger partial charge in [-0.05, 0) is 43.5 Å². The Hall–Kier alpha value is -2.80. The van der Waals surface area contributed by atoms with Crippen LogP contribution in [0, 0.1) is 0 Å². The number of alkyl halides is 2. The van der Waals surface area contributed by atoms with E-state index in [-0.39, 0.29) is 17.5 Å². The Morgan fingerprint density at radius 2 is 1.77 bits per heavy atom. The van der Waals surface area contributed by atoms with Crippen LogP contribution in [-0.2, 0) is 5.92 Å². The first-order valence-corrected chi connectivity index (χ1v) is 10.6. The molecule has 1 fully saturated rings. The van der Waals surface area contributed by atoms with Crippen LogP contribution < -0.4 is 5.01 Å². The summed E-state index contributed by atoms with van der Waals surface area (Å²) in [6.07, 6.45) is 4.17. The Kier molecular flexibility index (Phi) is 5.79. The quantitative estimate of drug-likeness (QED) is 0.769. The molecule has 0 aliphatic carbocycles. The van der Waals surface area contributed by atoms with Crippen LogP contribution in [0.4, 0.5) is 14.5 Å². The number of carbonyl (C=O) groups is 1. The molecule has 0 saturated carbocycles. The number of amides is 1. The molecule has 0 bridgehead atoms. The van der Waals surface area contributed by atoms with E-state index < -0.39 is 11.5 Å². The number of para-hydroxylation sites is 1. The van der Waals surface area contributed by atoms with Gasteiger partial charge in [0.25, 0.3) is 11.8 Å². The van der Waals surface area contributed by atoms with Crippen molar-refractivity contribution in [1.29, 1.82) is 0 Å². The van der Waals surface area contributed by atoms with Gasteiger partial charge in [-0.25, -0.2) is 8.78 Å². The molecule has 164 valence electrons. The zero-order valence-electron chi connectivity index (χ0n) is 17.5. The summed E-state index contributed by atoms with van der Waals surface area (Å²) in [6.45, 7) is 1.70. The van der Waals surface area contributed by atoms with Crippen molar-refractivity contribution in [3.8, 4) is 0 Å². The molecular weight excluding hydrogens is 400 g/mol. The van der Waals surface area contributed by atoms with E-state index in [1.165, 1.54) is 24.3 Å². The molecule has 1 saturated heterocycles. The molecule has 0 radical (unpaired) electrons. The van der Waals surface area contributed by atoms with Gasteiger partial charge in [0.15, 0.2) is 0 Å². The molecule has 0 aromatic heterocycles. The molecule has 31 heavy (non-hydrogen) atoms. The number of likely N-dealkylation sites (tertiary alicyclic amines) is 1. The Bertz CT molecular complexity index is 934. The van der Waals surface area contributed by atoms with Crippen molar-refractivity contribution in [2.45, 2.75) is 50.2 Å². The first-order chi connectivity index (χ1) is 14.8. The number of halogens is 2. The topological polar surface area (TPSA) is 56.1 Å². The summed E-state index contributed by atoms with van der Waals surface area (Å²) in [5.41, 5.74) is 0.409. The number of hydrogen-bond donors (Lipinski definition) is 1. The summed E-state index contributed by atoms with van der Waals surface area (Å²) in [5, 5.41) is 17.6. The minimum Gasteiger partial charge on any atom is -0.390 e. The molecule has 1 amide bonds. The Morgan fingerprint density at radius 3 is 2.39 bits per heavy atom. The third-order valence-corrected chi connectivity index (χ3v) is 6.19. The SMILES string of the molecule is CC(F)(F)c1ccc(C(=O)N2CCC(O)(CC3CC=NN3c3ccccc3)CC2)cc1. The molecule has 2 aromatic carbocycles. The van der Waals surface area contributed by atoms with E-state index in [1.807, 2.05) is 41.6 Å². The van der Waals surface area contributed by atoms with E-state index in [0.29, 0.717) is 37.9 Å². The third kappa shape index (κ3) is 4.77. The standard InChI is InChI=1S/C24H27F2N3O2/c1-23(25,26)19-9-7-18(8-10-19)22(30)28-15-12-24(31,13-16-28)17-21-11-14-27-29(21)20-5-3-2-4-6-20/h2-10,14,21,31H,11-13,15-17H2,1H3. The zero-order chi connectivity index (χ0) is 22.1. The molecule has 2 aliphatic rings. The van der Waals surface area contributed by atoms with Crippen molar-refractivity contribution in [1.82, 2.24) is 4.90 Å². The average molecular weight is 427 g/mol. The molecule has 2 aromatic rings. The number of piperidine rings is 1. The second kappa shape index (κ2) is 8.38. The van der Waals surface area contributed by atoms with Crippen LogP contribution in [0.15, 0.2) is 59.7 Å². The second-order valence-corrected chi connectivity index (χ2v) is 8.55. The summed E-state index contributed by atoms with van der Waals surface area (Å²) in [6, 6.07) is 15.5. The van der Waals surface area contributed by atoms with E-state index in [1.54, 1.807) is 4.90 Å². The maximum atomic E-state index is 13.4. The lowest BCUT2D eigenvalue weighted by Crippen LogP contribution is -2.49. The monoisotopic (exact) mass is 427 g/mol. The highest BCUT2D eigenvalue weighted by molar-refractivity contribution is 5.94. The van der Waals surface area contributed by atoms with Gasteiger partial charge in [-0.1, -0.05) is 30.3 Å². The van der Waals surface area contributed by atoms with Crippen LogP contribution in [0.3, 0.4) is 0 Å². The molecule has 7 heteroatoms. The van der Waals surface area contributed by atoms with E-state index in [4.69, 9.17) is 0 Å². The molecule has 4 rings (SSSR count). The summed E-state index contributed by atoms with van der Waals surface area (Å²) >= 11 is 0. The van der Waals surface area contributed by atoms with Gasteiger partial charge in [0.2, 0.25) is 0 Å². The molecule has 2 aliphatic heterocycles. The summed E-state index contributed by atoms with van der Waals surface area (Å²) in [5.74, 6) is -3.12. The number of aliphatic hydroxyl groups is 1. The van der Waals surface area contributed by atoms with Crippen molar-refractivity contribution in [3.05, 3.63) is 65.7 Å². The van der Waals surface area contributed by atoms with Gasteiger partial charge in [-0.3, -0.25) is 9.80 Å². The molecule has 0 spiro atoms. The highest BCUT2D eigenvalue weighted by Crippen LogP contribution is 2.33. The smallest absolute Gasteiger partial charge is 0.270 e. The van der Waals surface area contributed by atoms with Crippen molar-refractivity contribution in [2.75, 3.05) is 18.1 Å². The van der Waals surface area contributed by atoms with Gasteiger partial charge < -0.3 is 10.0 Å². The third-order valence-electron chi connectivity index (χ3n) is 6.19. The number of rotatable bonds is 5. The summed E-state index contributed by atoms with van der Waals surface area (Å²) in [4.78, 5) is 14.5. The number of carbonyl (C=O) groups excluding carboxylic acids is 1. The molecule has 1 atom stereocenters. The number of nitrogens with zero attached hydrogens (tertiary/aromatic N) is 3. The number of hydrazone groups is 1. The van der Waals surface area contributed by atoms with Crippen LogP contribution in [-0.4, -0.2) is 46.9 Å². The fourth-order valence-electron chi connectivity index (χ4n) is 4.34. The van der Waals surface area contributed by atoms with E-state index >= 15 is 0 Å². The Balaban J connectivity index is 1.36. The number of benzene rings is 2. The second-order valence-electron chi connectivity index (χ2n) is 8.55. The van der Waals surface area contributed by atoms with Gasteiger partial charge in [-0.15, -0.1) is 0 Å². The lowest BCUT2D eigenvalue weighted by molar-refractivity contribution is -0.0269. The lowest BCUT2D eigenvalue weighted by Gasteiger charge is -2.40. The van der Waals surface area contributed by atoms with Crippen LogP contribution >= 0.6 is 0 Å². The summed E-state index contributed by atoms with van der Waals surface area (Å²) < 4.78 is 26.8. The predicted molar refractivity (Wildman–Crippen MR) is 117 cm³/mol. The van der Waals surface area contributed by atoms with Gasteiger partial charge in [0.05, 0.1) is 17.3 Å². The average Bonchev–Trinajstić information content (AvgIpc) is 3.21. The number of hydrogen-bond acceptors (Lipinski definition) is 4. The van der Waals surface area contributed by atoms with E-state index in [0.717, 1.165) is 19.0 Å². The number of anilines is 1. The molecular formula is C24H27F2N3O2. The maximum Gasteiger partial charge on any atom is 0.270 e. The largest absolute Gasteiger partial charge is 0.390 e. The molecule has 5 nitrogen and oxygen atoms in total. The van der Waals surface area contributed by atoms with E-state index in [2.05, 4.69) is 5.10 Å². The van der Waals surface area contributed by atoms with Gasteiger partial charge >= 0.3 is 0 Å². The van der Waals surface area contributed by atoms with Crippen LogP contribution in [0.25, 0.3) is 0 Å². The first-order valence-electron chi connectivity index (χ1n) is 10.6. The van der Waals surface area contributed by atoms with Crippen LogP contribution in [0.1, 0.15) is 48.5 Å². The van der Waals surface area contributed by atoms with Crippen LogP contribution in [0.5, 0.6) is 0 Å². The molecule has 2 heterocycles. The molecule has 1 unspecified atom stereocenters. The van der Waals surface area contributed by atoms with E-state index in [9.17, 15) is 18.7 Å². The minimum absolute atomic E-state index is 0.0814. The first kappa shape index (κ1) is 21.4. The zero-order valence-corrected chi connectivity index (χ0v) is 17.5. The normalized spacial score (nSPS) is 20.8. The lowest BCUT2D eigenvalue weighted by atomic mass is 9.84. The predicted octanol–water partition coefficient (Wildman–Crippen LogP) is 4.42. The van der Waals surface area contributed by atoms with Gasteiger partial charge in [-0.2, -0.15) is 5.10 Å². The summed E-state index contributed by atoms with van der Waals surface area (Å²) in [7, 11) is 0. The van der Waals surface area contributed by atoms with Gasteiger partial charge in [0, 0.05) is 43.8 Å². The van der Waals surface area contributed by atoms with Gasteiger partial charge in [0.1, 0.15) is 0 Å². The van der Waals surface area contributed by atoms with Crippen molar-refractivity contribution in [2.24, 2.45) is 5.10 Å². The fraction of sp³-hybridized carbons (Fsp3) is 0.417. The van der Waals surface area contributed by atoms with Crippen molar-refractivity contribution < 1.29 is 18.7 Å². The Labute approximate surface area is 181 Å². The highest BCUT2D eigenvalue weighted by atomic mass is 19.3. The van der Waals surface area contributed by atoms with Crippen molar-refractivity contribution in [3.63, 3.8) is 0 Å². The van der Waals surface area contributed by atoms with Crippen molar-refractivity contribution >= 4 is 17.8 Å². The fourth-order valence-corrected chi connectivity index (χ4v) is 4.34. The van der Waals surface area contributed by atoms with Crippen LogP contribution in [0.2, 0.25) is 0 Å². The minimum atomic E-state index is -2.93. The maximum absolute atomic E-state index is 13.4. The highest BCUT2D eigenvalue weighted by Gasteiger charge is 2.38.